The highest BCUT2D eigenvalue weighted by Gasteiger charge is 2.15. The van der Waals surface area contributed by atoms with Crippen LogP contribution in [0.15, 0.2) is 91.4 Å². The van der Waals surface area contributed by atoms with E-state index in [1.807, 2.05) is 67.8 Å². The summed E-state index contributed by atoms with van der Waals surface area (Å²) in [4.78, 5) is 24.2. The molecule has 0 amide bonds. The van der Waals surface area contributed by atoms with Crippen LogP contribution in [0.4, 0.5) is 4.39 Å². The molecule has 0 aliphatic carbocycles. The summed E-state index contributed by atoms with van der Waals surface area (Å²) in [6.07, 6.45) is 5.81. The van der Waals surface area contributed by atoms with E-state index in [1.54, 1.807) is 18.3 Å². The zero-order valence-electron chi connectivity index (χ0n) is 19.0. The fraction of sp³-hybridized carbons (Fsp3) is 0.0690. The maximum Gasteiger partial charge on any atom is 0.195 e. The van der Waals surface area contributed by atoms with Gasteiger partial charge in [-0.25, -0.2) is 9.37 Å². The Bertz CT molecular complexity index is 1700. The van der Waals surface area contributed by atoms with Gasteiger partial charge in [-0.2, -0.15) is 4.57 Å². The van der Waals surface area contributed by atoms with Crippen LogP contribution in [-0.2, 0) is 6.54 Å². The van der Waals surface area contributed by atoms with Crippen LogP contribution in [0.2, 0.25) is 0 Å². The molecule has 5 nitrogen and oxygen atoms in total. The molecule has 3 aromatic heterocycles. The fourth-order valence-corrected chi connectivity index (χ4v) is 4.49. The normalized spacial score (nSPS) is 11.4. The van der Waals surface area contributed by atoms with Crippen molar-refractivity contribution in [3.8, 4) is 11.1 Å². The third kappa shape index (κ3) is 3.99. The Morgan fingerprint density at radius 2 is 1.71 bits per heavy atom. The Morgan fingerprint density at radius 1 is 0.943 bits per heavy atom. The third-order valence-electron chi connectivity index (χ3n) is 6.28. The quantitative estimate of drug-likeness (QED) is 0.255. The van der Waals surface area contributed by atoms with E-state index in [1.165, 1.54) is 12.1 Å². The van der Waals surface area contributed by atoms with Crippen LogP contribution in [0.3, 0.4) is 0 Å². The molecule has 0 aliphatic heterocycles. The van der Waals surface area contributed by atoms with Gasteiger partial charge in [-0.05, 0) is 36.2 Å². The summed E-state index contributed by atoms with van der Waals surface area (Å²) in [5, 5.41) is 0.864. The number of ketones is 1. The monoisotopic (exact) mass is 461 g/mol. The van der Waals surface area contributed by atoms with Crippen molar-refractivity contribution in [3.63, 3.8) is 0 Å². The van der Waals surface area contributed by atoms with E-state index in [4.69, 9.17) is 0 Å². The minimum Gasteiger partial charge on any atom is -0.360 e. The second-order valence-electron chi connectivity index (χ2n) is 8.73. The second-order valence-corrected chi connectivity index (χ2v) is 8.73. The van der Waals surface area contributed by atoms with Crippen LogP contribution < -0.4 is 4.57 Å². The standard InChI is InChI=1S/C29H21FN4O/c1-18-32-26-12-13-34(17-28(26)33-18)16-19-2-4-21(5-3-19)29(35)25-15-31-27-14-22(8-11-24(25)27)20-6-9-23(30)10-7-20/h2-15,17H,16H2,1H3,(H,31,35)/p+1. The van der Waals surface area contributed by atoms with Gasteiger partial charge in [0.2, 0.25) is 0 Å². The molecule has 0 aliphatic rings. The molecule has 6 rings (SSSR count). The van der Waals surface area contributed by atoms with Crippen molar-refractivity contribution in [1.29, 1.82) is 0 Å². The van der Waals surface area contributed by atoms with Crippen LogP contribution in [0.25, 0.3) is 33.1 Å². The van der Waals surface area contributed by atoms with Gasteiger partial charge in [-0.3, -0.25) is 4.79 Å². The maximum absolute atomic E-state index is 13.3. The van der Waals surface area contributed by atoms with Gasteiger partial charge in [-0.1, -0.05) is 48.5 Å². The van der Waals surface area contributed by atoms with Gasteiger partial charge in [0.1, 0.15) is 22.7 Å². The van der Waals surface area contributed by atoms with Crippen LogP contribution >= 0.6 is 0 Å². The number of aryl methyl sites for hydroxylation is 1. The number of imidazole rings is 1. The molecule has 35 heavy (non-hydrogen) atoms. The first-order valence-corrected chi connectivity index (χ1v) is 11.4. The van der Waals surface area contributed by atoms with E-state index in [-0.39, 0.29) is 11.6 Å². The van der Waals surface area contributed by atoms with Crippen LogP contribution in [0.5, 0.6) is 0 Å². The highest BCUT2D eigenvalue weighted by molar-refractivity contribution is 6.16. The fourth-order valence-electron chi connectivity index (χ4n) is 4.49. The molecule has 6 heteroatoms. The van der Waals surface area contributed by atoms with Gasteiger partial charge in [0, 0.05) is 39.9 Å². The molecule has 0 saturated carbocycles. The van der Waals surface area contributed by atoms with E-state index >= 15 is 0 Å². The highest BCUT2D eigenvalue weighted by atomic mass is 19.1. The number of carbonyl (C=O) groups excluding carboxylic acids is 1. The first kappa shape index (κ1) is 21.0. The summed E-state index contributed by atoms with van der Waals surface area (Å²) in [6, 6.07) is 22.0. The minimum absolute atomic E-state index is 0.0284. The zero-order chi connectivity index (χ0) is 23.9. The molecule has 170 valence electrons. The predicted molar refractivity (Wildman–Crippen MR) is 134 cm³/mol. The number of nitrogens with one attached hydrogen (secondary N) is 2. The zero-order valence-corrected chi connectivity index (χ0v) is 19.0. The van der Waals surface area contributed by atoms with E-state index in [2.05, 4.69) is 19.5 Å². The van der Waals surface area contributed by atoms with E-state index in [0.717, 1.165) is 44.5 Å². The molecule has 6 aromatic rings. The van der Waals surface area contributed by atoms with Gasteiger partial charge >= 0.3 is 0 Å². The lowest BCUT2D eigenvalue weighted by molar-refractivity contribution is -0.687. The number of hydrogen-bond acceptors (Lipinski definition) is 2. The van der Waals surface area contributed by atoms with E-state index in [0.29, 0.717) is 17.7 Å². The van der Waals surface area contributed by atoms with Crippen molar-refractivity contribution in [2.45, 2.75) is 13.5 Å². The summed E-state index contributed by atoms with van der Waals surface area (Å²) in [7, 11) is 0. The highest BCUT2D eigenvalue weighted by Crippen LogP contribution is 2.27. The number of aromatic nitrogens is 4. The SMILES string of the molecule is Cc1nc2cc[n+](Cc3ccc(C(=O)c4c[nH]c5cc(-c6ccc(F)cc6)ccc45)cc3)cc2[nH]1. The van der Waals surface area contributed by atoms with Crippen molar-refractivity contribution < 1.29 is 13.8 Å². The molecule has 0 unspecified atom stereocenters. The van der Waals surface area contributed by atoms with Gasteiger partial charge in [0.15, 0.2) is 24.7 Å². The number of carbonyl (C=O) groups is 1. The molecule has 0 atom stereocenters. The smallest absolute Gasteiger partial charge is 0.195 e. The number of H-pyrrole nitrogens is 2. The Labute approximate surface area is 200 Å². The number of rotatable bonds is 5. The lowest BCUT2D eigenvalue weighted by Gasteiger charge is -2.04. The van der Waals surface area contributed by atoms with E-state index < -0.39 is 0 Å². The molecule has 0 fully saturated rings. The van der Waals surface area contributed by atoms with Crippen LogP contribution in [0, 0.1) is 12.7 Å². The second kappa shape index (κ2) is 8.33. The number of halogens is 1. The summed E-state index contributed by atoms with van der Waals surface area (Å²) in [5.41, 5.74) is 7.07. The summed E-state index contributed by atoms with van der Waals surface area (Å²) in [5.74, 6) is 0.602. The molecule has 0 spiro atoms. The molecule has 0 bridgehead atoms. The number of pyridine rings is 1. The molecule has 3 aromatic carbocycles. The molecular weight excluding hydrogens is 439 g/mol. The van der Waals surface area contributed by atoms with Crippen molar-refractivity contribution >= 4 is 27.7 Å². The first-order chi connectivity index (χ1) is 17.0. The van der Waals surface area contributed by atoms with E-state index in [9.17, 15) is 9.18 Å². The lowest BCUT2D eigenvalue weighted by atomic mass is 9.99. The largest absolute Gasteiger partial charge is 0.360 e. The van der Waals surface area contributed by atoms with Crippen LogP contribution in [0.1, 0.15) is 27.3 Å². The molecule has 3 heterocycles. The van der Waals surface area contributed by atoms with Gasteiger partial charge in [-0.15, -0.1) is 0 Å². The number of benzene rings is 3. The van der Waals surface area contributed by atoms with Crippen molar-refractivity contribution in [1.82, 2.24) is 15.0 Å². The average molecular weight is 462 g/mol. The predicted octanol–water partition coefficient (Wildman–Crippen LogP) is 5.73. The minimum atomic E-state index is -0.263. The Hall–Kier alpha value is -4.58. The Kier molecular flexibility index (Phi) is 4.99. The third-order valence-corrected chi connectivity index (χ3v) is 6.28. The Morgan fingerprint density at radius 3 is 2.51 bits per heavy atom. The number of nitrogens with zero attached hydrogens (tertiary/aromatic N) is 2. The van der Waals surface area contributed by atoms with Crippen molar-refractivity contribution in [3.05, 3.63) is 120 Å². The lowest BCUT2D eigenvalue weighted by Crippen LogP contribution is -2.33. The summed E-state index contributed by atoms with van der Waals surface area (Å²) in [6.45, 7) is 2.64. The topological polar surface area (TPSA) is 65.4 Å². The van der Waals surface area contributed by atoms with Gasteiger partial charge in [0.25, 0.3) is 0 Å². The van der Waals surface area contributed by atoms with Crippen molar-refractivity contribution in [2.24, 2.45) is 0 Å². The molecular formula is C29H22FN4O+. The van der Waals surface area contributed by atoms with Crippen LogP contribution in [-0.4, -0.2) is 20.7 Å². The number of fused-ring (bicyclic) bond motifs is 2. The van der Waals surface area contributed by atoms with Crippen molar-refractivity contribution in [2.75, 3.05) is 0 Å². The van der Waals surface area contributed by atoms with Gasteiger partial charge in [0.05, 0.1) is 0 Å². The molecule has 0 radical (unpaired) electrons. The maximum atomic E-state index is 13.3. The Balaban J connectivity index is 1.23. The first-order valence-electron chi connectivity index (χ1n) is 11.4. The van der Waals surface area contributed by atoms with Gasteiger partial charge < -0.3 is 9.97 Å². The average Bonchev–Trinajstić information content (AvgIpc) is 3.46. The summed E-state index contributed by atoms with van der Waals surface area (Å²) >= 11 is 0. The summed E-state index contributed by atoms with van der Waals surface area (Å²) < 4.78 is 15.3. The number of hydrogen-bond donors (Lipinski definition) is 2. The molecule has 0 saturated heterocycles. The number of aromatic amines is 2. The molecule has 2 N–H and O–H groups in total.